The molecule has 0 aliphatic carbocycles. The standard InChI is InChI=1S/C19H22N2O2/c1-4-11-23-18-9-7-16(8-10-18)19(22)21-20-13-17-6-5-14(2)12-15(17)3/h5-10,12-13H,4,11H2,1-3H3,(H,21,22). The summed E-state index contributed by atoms with van der Waals surface area (Å²) in [5, 5.41) is 4.02. The summed E-state index contributed by atoms with van der Waals surface area (Å²) in [6, 6.07) is 13.1. The molecule has 0 aliphatic heterocycles. The lowest BCUT2D eigenvalue weighted by Crippen LogP contribution is -2.17. The van der Waals surface area contributed by atoms with E-state index in [2.05, 4.69) is 23.5 Å². The Morgan fingerprint density at radius 2 is 1.91 bits per heavy atom. The predicted molar refractivity (Wildman–Crippen MR) is 93.2 cm³/mol. The molecule has 0 saturated carbocycles. The summed E-state index contributed by atoms with van der Waals surface area (Å²) >= 11 is 0. The van der Waals surface area contributed by atoms with E-state index in [-0.39, 0.29) is 5.91 Å². The fourth-order valence-electron chi connectivity index (χ4n) is 2.12. The van der Waals surface area contributed by atoms with Gasteiger partial charge in [0, 0.05) is 5.56 Å². The third kappa shape index (κ3) is 4.95. The van der Waals surface area contributed by atoms with E-state index >= 15 is 0 Å². The maximum absolute atomic E-state index is 12.0. The highest BCUT2D eigenvalue weighted by molar-refractivity contribution is 5.95. The van der Waals surface area contributed by atoms with Gasteiger partial charge >= 0.3 is 0 Å². The van der Waals surface area contributed by atoms with Crippen molar-refractivity contribution < 1.29 is 9.53 Å². The molecule has 0 spiro atoms. The van der Waals surface area contributed by atoms with Crippen molar-refractivity contribution in [2.45, 2.75) is 27.2 Å². The maximum atomic E-state index is 12.0. The van der Waals surface area contributed by atoms with Gasteiger partial charge in [0.05, 0.1) is 12.8 Å². The zero-order valence-corrected chi connectivity index (χ0v) is 13.8. The summed E-state index contributed by atoms with van der Waals surface area (Å²) in [5.41, 5.74) is 6.40. The summed E-state index contributed by atoms with van der Waals surface area (Å²) in [5.74, 6) is 0.523. The van der Waals surface area contributed by atoms with Crippen LogP contribution in [0.2, 0.25) is 0 Å². The number of carbonyl (C=O) groups is 1. The molecule has 0 saturated heterocycles. The normalized spacial score (nSPS) is 10.7. The van der Waals surface area contributed by atoms with Gasteiger partial charge in [-0.3, -0.25) is 4.79 Å². The zero-order chi connectivity index (χ0) is 16.7. The minimum atomic E-state index is -0.243. The fourth-order valence-corrected chi connectivity index (χ4v) is 2.12. The van der Waals surface area contributed by atoms with Gasteiger partial charge in [0.1, 0.15) is 5.75 Å². The highest BCUT2D eigenvalue weighted by atomic mass is 16.5. The highest BCUT2D eigenvalue weighted by Crippen LogP contribution is 2.12. The van der Waals surface area contributed by atoms with Crippen molar-refractivity contribution in [3.63, 3.8) is 0 Å². The molecule has 2 aromatic carbocycles. The van der Waals surface area contributed by atoms with E-state index in [9.17, 15) is 4.79 Å². The number of aryl methyl sites for hydroxylation is 2. The van der Waals surface area contributed by atoms with Crippen LogP contribution in [0.3, 0.4) is 0 Å². The van der Waals surface area contributed by atoms with E-state index in [0.717, 1.165) is 23.3 Å². The first kappa shape index (κ1) is 16.7. The molecular weight excluding hydrogens is 288 g/mol. The maximum Gasteiger partial charge on any atom is 0.271 e. The molecule has 4 nitrogen and oxygen atoms in total. The predicted octanol–water partition coefficient (Wildman–Crippen LogP) is 3.86. The van der Waals surface area contributed by atoms with Crippen LogP contribution < -0.4 is 10.2 Å². The number of carbonyl (C=O) groups excluding carboxylic acids is 1. The van der Waals surface area contributed by atoms with E-state index < -0.39 is 0 Å². The first-order chi connectivity index (χ1) is 11.1. The monoisotopic (exact) mass is 310 g/mol. The molecular formula is C19H22N2O2. The van der Waals surface area contributed by atoms with Crippen LogP contribution in [-0.4, -0.2) is 18.7 Å². The quantitative estimate of drug-likeness (QED) is 0.650. The van der Waals surface area contributed by atoms with Crippen LogP contribution in [0, 0.1) is 13.8 Å². The van der Waals surface area contributed by atoms with Crippen molar-refractivity contribution in [1.29, 1.82) is 0 Å². The van der Waals surface area contributed by atoms with Crippen LogP contribution in [-0.2, 0) is 0 Å². The van der Waals surface area contributed by atoms with Crippen molar-refractivity contribution in [2.75, 3.05) is 6.61 Å². The number of hydrogen-bond acceptors (Lipinski definition) is 3. The molecule has 0 heterocycles. The van der Waals surface area contributed by atoms with Crippen LogP contribution in [0.15, 0.2) is 47.6 Å². The summed E-state index contributed by atoms with van der Waals surface area (Å²) in [4.78, 5) is 12.0. The zero-order valence-electron chi connectivity index (χ0n) is 13.8. The Hall–Kier alpha value is -2.62. The molecule has 4 heteroatoms. The largest absolute Gasteiger partial charge is 0.494 e. The first-order valence-corrected chi connectivity index (χ1v) is 7.73. The Labute approximate surface area is 137 Å². The van der Waals surface area contributed by atoms with Gasteiger partial charge in [-0.05, 0) is 55.7 Å². The molecule has 0 fully saturated rings. The van der Waals surface area contributed by atoms with Crippen LogP contribution in [0.1, 0.15) is 40.4 Å². The molecule has 0 unspecified atom stereocenters. The molecule has 0 radical (unpaired) electrons. The molecule has 23 heavy (non-hydrogen) atoms. The minimum absolute atomic E-state index is 0.243. The van der Waals surface area contributed by atoms with Crippen molar-refractivity contribution in [2.24, 2.45) is 5.10 Å². The molecule has 0 atom stereocenters. The van der Waals surface area contributed by atoms with Gasteiger partial charge in [-0.25, -0.2) is 5.43 Å². The smallest absolute Gasteiger partial charge is 0.271 e. The van der Waals surface area contributed by atoms with Crippen molar-refractivity contribution in [3.05, 3.63) is 64.7 Å². The van der Waals surface area contributed by atoms with Gasteiger partial charge in [-0.15, -0.1) is 0 Å². The fraction of sp³-hybridized carbons (Fsp3) is 0.263. The van der Waals surface area contributed by atoms with Crippen LogP contribution in [0.4, 0.5) is 0 Å². The first-order valence-electron chi connectivity index (χ1n) is 7.73. The number of hydrazone groups is 1. The van der Waals surface area contributed by atoms with E-state index in [1.165, 1.54) is 5.56 Å². The number of nitrogens with zero attached hydrogens (tertiary/aromatic N) is 1. The van der Waals surface area contributed by atoms with Crippen LogP contribution in [0.25, 0.3) is 0 Å². The van der Waals surface area contributed by atoms with Crippen molar-refractivity contribution in [3.8, 4) is 5.75 Å². The number of rotatable bonds is 6. The average molecular weight is 310 g/mol. The Kier molecular flexibility index (Phi) is 5.92. The number of benzene rings is 2. The molecule has 1 amide bonds. The van der Waals surface area contributed by atoms with Crippen molar-refractivity contribution in [1.82, 2.24) is 5.43 Å². The third-order valence-corrected chi connectivity index (χ3v) is 3.38. The molecule has 1 N–H and O–H groups in total. The Morgan fingerprint density at radius 1 is 1.17 bits per heavy atom. The third-order valence-electron chi connectivity index (χ3n) is 3.38. The highest BCUT2D eigenvalue weighted by Gasteiger charge is 2.04. The summed E-state index contributed by atoms with van der Waals surface area (Å²) in [6.45, 7) is 6.79. The lowest BCUT2D eigenvalue weighted by atomic mass is 10.1. The Bertz CT molecular complexity index is 691. The van der Waals surface area contributed by atoms with Gasteiger partial charge in [0.15, 0.2) is 0 Å². The van der Waals surface area contributed by atoms with Gasteiger partial charge in [-0.1, -0.05) is 30.7 Å². The van der Waals surface area contributed by atoms with Gasteiger partial charge in [0.2, 0.25) is 0 Å². The molecule has 0 bridgehead atoms. The lowest BCUT2D eigenvalue weighted by Gasteiger charge is -2.05. The minimum Gasteiger partial charge on any atom is -0.494 e. The number of amides is 1. The topological polar surface area (TPSA) is 50.7 Å². The number of nitrogens with one attached hydrogen (secondary N) is 1. The molecule has 0 aliphatic rings. The molecule has 120 valence electrons. The van der Waals surface area contributed by atoms with Crippen molar-refractivity contribution >= 4 is 12.1 Å². The summed E-state index contributed by atoms with van der Waals surface area (Å²) < 4.78 is 5.49. The molecule has 2 rings (SSSR count). The van der Waals surface area contributed by atoms with E-state index in [1.54, 1.807) is 30.5 Å². The van der Waals surface area contributed by atoms with E-state index in [0.29, 0.717) is 12.2 Å². The number of hydrogen-bond donors (Lipinski definition) is 1. The summed E-state index contributed by atoms with van der Waals surface area (Å²) in [6.07, 6.45) is 2.61. The van der Waals surface area contributed by atoms with Crippen LogP contribution in [0.5, 0.6) is 5.75 Å². The van der Waals surface area contributed by atoms with Gasteiger partial charge in [-0.2, -0.15) is 5.10 Å². The second-order valence-electron chi connectivity index (χ2n) is 5.43. The van der Waals surface area contributed by atoms with E-state index in [1.807, 2.05) is 26.0 Å². The van der Waals surface area contributed by atoms with E-state index in [4.69, 9.17) is 4.74 Å². The lowest BCUT2D eigenvalue weighted by molar-refractivity contribution is 0.0955. The Morgan fingerprint density at radius 3 is 2.57 bits per heavy atom. The Balaban J connectivity index is 1.95. The van der Waals surface area contributed by atoms with Gasteiger partial charge in [0.25, 0.3) is 5.91 Å². The number of ether oxygens (including phenoxy) is 1. The van der Waals surface area contributed by atoms with Crippen LogP contribution >= 0.6 is 0 Å². The molecule has 2 aromatic rings. The SMILES string of the molecule is CCCOc1ccc(C(=O)NN=Cc2ccc(C)cc2C)cc1. The van der Waals surface area contributed by atoms with Gasteiger partial charge < -0.3 is 4.74 Å². The second kappa shape index (κ2) is 8.13. The summed E-state index contributed by atoms with van der Waals surface area (Å²) in [7, 11) is 0. The molecule has 0 aromatic heterocycles. The second-order valence-corrected chi connectivity index (χ2v) is 5.43. The average Bonchev–Trinajstić information content (AvgIpc) is 2.55.